The SMILES string of the molecule is CCOCCCCCCN1C[C@H](O[Si](C)(C)C(C)(C)C)[C@@H](O)[C@@H](O)[C@H]1C. The first-order valence-electron chi connectivity index (χ1n) is 10.4. The molecule has 0 bridgehead atoms. The van der Waals surface area contributed by atoms with Gasteiger partial charge in [-0.05, 0) is 51.4 Å². The van der Waals surface area contributed by atoms with Crippen LogP contribution in [0.15, 0.2) is 0 Å². The second kappa shape index (κ2) is 10.5. The number of aliphatic hydroxyl groups is 2. The predicted molar refractivity (Wildman–Crippen MR) is 110 cm³/mol. The van der Waals surface area contributed by atoms with Crippen LogP contribution in [-0.2, 0) is 9.16 Å². The molecule has 0 amide bonds. The standard InChI is InChI=1S/C20H43NO4Si/c1-8-24-14-12-10-9-11-13-21-15-17(19(23)18(22)16(21)2)25-26(6,7)20(3,4)5/h16-19,22-23H,8-15H2,1-7H3/t16-,17+,18+,19-/m1/s1. The van der Waals surface area contributed by atoms with Crippen LogP contribution >= 0.6 is 0 Å². The molecule has 0 saturated carbocycles. The Morgan fingerprint density at radius 3 is 2.23 bits per heavy atom. The van der Waals surface area contributed by atoms with Crippen LogP contribution in [-0.4, -0.2) is 74.1 Å². The summed E-state index contributed by atoms with van der Waals surface area (Å²) in [7, 11) is -1.98. The van der Waals surface area contributed by atoms with Crippen LogP contribution in [0.1, 0.15) is 60.3 Å². The Hall–Kier alpha value is 0.0169. The zero-order valence-electron chi connectivity index (χ0n) is 18.1. The maximum absolute atomic E-state index is 10.6. The van der Waals surface area contributed by atoms with Crippen molar-refractivity contribution in [1.82, 2.24) is 4.90 Å². The summed E-state index contributed by atoms with van der Waals surface area (Å²) in [6.07, 6.45) is 2.70. The molecule has 0 spiro atoms. The van der Waals surface area contributed by atoms with E-state index in [1.165, 1.54) is 12.8 Å². The molecule has 1 aliphatic heterocycles. The third-order valence-electron chi connectivity index (χ3n) is 6.16. The van der Waals surface area contributed by atoms with Gasteiger partial charge in [-0.1, -0.05) is 33.6 Å². The topological polar surface area (TPSA) is 62.2 Å². The molecule has 1 heterocycles. The van der Waals surface area contributed by atoms with Crippen LogP contribution < -0.4 is 0 Å². The minimum absolute atomic E-state index is 0.0345. The molecule has 4 atom stereocenters. The van der Waals surface area contributed by atoms with E-state index in [9.17, 15) is 10.2 Å². The van der Waals surface area contributed by atoms with E-state index in [0.717, 1.165) is 32.6 Å². The minimum atomic E-state index is -1.98. The number of rotatable bonds is 10. The number of aliphatic hydroxyl groups excluding tert-OH is 2. The van der Waals surface area contributed by atoms with Crippen LogP contribution in [0, 0.1) is 0 Å². The van der Waals surface area contributed by atoms with Gasteiger partial charge in [-0.25, -0.2) is 0 Å². The van der Waals surface area contributed by atoms with Crippen molar-refractivity contribution in [3.05, 3.63) is 0 Å². The highest BCUT2D eigenvalue weighted by atomic mass is 28.4. The molecule has 1 fully saturated rings. The highest BCUT2D eigenvalue weighted by Gasteiger charge is 2.45. The van der Waals surface area contributed by atoms with E-state index in [2.05, 4.69) is 38.8 Å². The molecule has 156 valence electrons. The van der Waals surface area contributed by atoms with Gasteiger partial charge in [0, 0.05) is 25.8 Å². The molecule has 1 saturated heterocycles. The van der Waals surface area contributed by atoms with Gasteiger partial charge in [0.05, 0.1) is 12.2 Å². The van der Waals surface area contributed by atoms with Crippen molar-refractivity contribution in [3.63, 3.8) is 0 Å². The lowest BCUT2D eigenvalue weighted by Crippen LogP contribution is -2.63. The van der Waals surface area contributed by atoms with Gasteiger partial charge in [0.2, 0.25) is 0 Å². The molecule has 0 aromatic carbocycles. The summed E-state index contributed by atoms with van der Waals surface area (Å²) in [4.78, 5) is 2.29. The third-order valence-corrected chi connectivity index (χ3v) is 10.7. The summed E-state index contributed by atoms with van der Waals surface area (Å²) >= 11 is 0. The number of ether oxygens (including phenoxy) is 1. The Kier molecular flexibility index (Phi) is 9.74. The largest absolute Gasteiger partial charge is 0.410 e. The quantitative estimate of drug-likeness (QED) is 0.443. The van der Waals surface area contributed by atoms with Crippen LogP contribution in [0.3, 0.4) is 0 Å². The lowest BCUT2D eigenvalue weighted by atomic mass is 9.94. The summed E-state index contributed by atoms with van der Waals surface area (Å²) in [6.45, 7) is 18.3. The number of piperidine rings is 1. The molecule has 1 aliphatic rings. The Bertz CT molecular complexity index is 400. The van der Waals surface area contributed by atoms with E-state index in [1.54, 1.807) is 0 Å². The van der Waals surface area contributed by atoms with Gasteiger partial charge in [0.1, 0.15) is 6.10 Å². The maximum Gasteiger partial charge on any atom is 0.192 e. The van der Waals surface area contributed by atoms with E-state index >= 15 is 0 Å². The molecule has 0 radical (unpaired) electrons. The Labute approximate surface area is 162 Å². The van der Waals surface area contributed by atoms with Crippen LogP contribution in [0.4, 0.5) is 0 Å². The molecular formula is C20H43NO4Si. The van der Waals surface area contributed by atoms with E-state index < -0.39 is 20.5 Å². The smallest absolute Gasteiger partial charge is 0.192 e. The number of unbranched alkanes of at least 4 members (excludes halogenated alkanes) is 3. The van der Waals surface area contributed by atoms with Crippen LogP contribution in [0.5, 0.6) is 0 Å². The van der Waals surface area contributed by atoms with Gasteiger partial charge in [-0.15, -0.1) is 0 Å². The summed E-state index contributed by atoms with van der Waals surface area (Å²) in [6, 6.07) is -0.0345. The van der Waals surface area contributed by atoms with Crippen molar-refractivity contribution in [3.8, 4) is 0 Å². The maximum atomic E-state index is 10.6. The zero-order chi connectivity index (χ0) is 20.0. The summed E-state index contributed by atoms with van der Waals surface area (Å²) in [5, 5.41) is 21.2. The Morgan fingerprint density at radius 2 is 1.65 bits per heavy atom. The molecule has 0 unspecified atom stereocenters. The monoisotopic (exact) mass is 389 g/mol. The van der Waals surface area contributed by atoms with Crippen molar-refractivity contribution in [2.45, 2.75) is 103 Å². The third kappa shape index (κ3) is 6.88. The number of nitrogens with zero attached hydrogens (tertiary/aromatic N) is 1. The van der Waals surface area contributed by atoms with Gasteiger partial charge >= 0.3 is 0 Å². The van der Waals surface area contributed by atoms with Gasteiger partial charge in [-0.2, -0.15) is 0 Å². The highest BCUT2D eigenvalue weighted by molar-refractivity contribution is 6.74. The van der Waals surface area contributed by atoms with E-state index in [-0.39, 0.29) is 17.2 Å². The normalized spacial score (nSPS) is 28.5. The number of likely N-dealkylation sites (tertiary alicyclic amines) is 1. The molecule has 0 aromatic heterocycles. The molecule has 26 heavy (non-hydrogen) atoms. The Balaban J connectivity index is 2.54. The van der Waals surface area contributed by atoms with Crippen molar-refractivity contribution >= 4 is 8.32 Å². The van der Waals surface area contributed by atoms with Crippen molar-refractivity contribution in [2.75, 3.05) is 26.3 Å². The van der Waals surface area contributed by atoms with Gasteiger partial charge in [-0.3, -0.25) is 4.90 Å². The fourth-order valence-corrected chi connectivity index (χ4v) is 4.53. The fourth-order valence-electron chi connectivity index (χ4n) is 3.20. The Morgan fingerprint density at radius 1 is 1.04 bits per heavy atom. The minimum Gasteiger partial charge on any atom is -0.410 e. The first-order valence-corrected chi connectivity index (χ1v) is 13.3. The average Bonchev–Trinajstić information content (AvgIpc) is 2.54. The lowest BCUT2D eigenvalue weighted by Gasteiger charge is -2.48. The molecule has 6 heteroatoms. The summed E-state index contributed by atoms with van der Waals surface area (Å²) < 4.78 is 11.8. The lowest BCUT2D eigenvalue weighted by molar-refractivity contribution is -0.128. The van der Waals surface area contributed by atoms with E-state index in [0.29, 0.717) is 6.54 Å². The second-order valence-corrected chi connectivity index (χ2v) is 14.0. The molecule has 0 aliphatic carbocycles. The summed E-state index contributed by atoms with van der Waals surface area (Å²) in [5.41, 5.74) is 0. The predicted octanol–water partition coefficient (Wildman–Crippen LogP) is 3.40. The van der Waals surface area contributed by atoms with Crippen molar-refractivity contribution < 1.29 is 19.4 Å². The van der Waals surface area contributed by atoms with E-state index in [1.807, 2.05) is 13.8 Å². The van der Waals surface area contributed by atoms with E-state index in [4.69, 9.17) is 9.16 Å². The van der Waals surface area contributed by atoms with Gasteiger partial charge in [0.25, 0.3) is 0 Å². The number of hydrogen-bond donors (Lipinski definition) is 2. The molecule has 0 aromatic rings. The van der Waals surface area contributed by atoms with Crippen LogP contribution in [0.2, 0.25) is 18.1 Å². The second-order valence-electron chi connectivity index (χ2n) is 9.24. The molecule has 2 N–H and O–H groups in total. The fraction of sp³-hybridized carbons (Fsp3) is 1.00. The number of hydrogen-bond acceptors (Lipinski definition) is 5. The van der Waals surface area contributed by atoms with Gasteiger partial charge in [0.15, 0.2) is 8.32 Å². The highest BCUT2D eigenvalue weighted by Crippen LogP contribution is 2.38. The van der Waals surface area contributed by atoms with Crippen molar-refractivity contribution in [1.29, 1.82) is 0 Å². The molecule has 1 rings (SSSR count). The first kappa shape index (κ1) is 24.1. The molecular weight excluding hydrogens is 346 g/mol. The summed E-state index contributed by atoms with van der Waals surface area (Å²) in [5.74, 6) is 0. The molecule has 5 nitrogen and oxygen atoms in total. The zero-order valence-corrected chi connectivity index (χ0v) is 19.1. The average molecular weight is 390 g/mol. The van der Waals surface area contributed by atoms with Gasteiger partial charge < -0.3 is 19.4 Å². The van der Waals surface area contributed by atoms with Crippen LogP contribution in [0.25, 0.3) is 0 Å². The first-order chi connectivity index (χ1) is 12.0. The van der Waals surface area contributed by atoms with Crippen molar-refractivity contribution in [2.24, 2.45) is 0 Å².